The second-order valence-electron chi connectivity index (χ2n) is 4.68. The smallest absolute Gasteiger partial charge is 0.337 e. The molecule has 0 saturated carbocycles. The summed E-state index contributed by atoms with van der Waals surface area (Å²) in [6.07, 6.45) is 0.828. The molecule has 1 saturated heterocycles. The number of imide groups is 1. The molecule has 2 rings (SSSR count). The number of nitrogens with one attached hydrogen (secondary N) is 2. The van der Waals surface area contributed by atoms with E-state index in [-0.39, 0.29) is 17.9 Å². The molecule has 112 valence electrons. The number of piperidine rings is 1. The Labute approximate surface area is 130 Å². The maximum Gasteiger partial charge on any atom is 0.337 e. The van der Waals surface area contributed by atoms with Crippen LogP contribution in [0.4, 0.5) is 0 Å². The van der Waals surface area contributed by atoms with Crippen LogP contribution in [-0.2, 0) is 20.9 Å². The quantitative estimate of drug-likeness (QED) is 0.625. The van der Waals surface area contributed by atoms with Crippen molar-refractivity contribution in [3.8, 4) is 0 Å². The molecule has 6 nitrogen and oxygen atoms in total. The Balaban J connectivity index is 1.99. The third-order valence-corrected chi connectivity index (χ3v) is 3.99. The number of benzene rings is 1. The third kappa shape index (κ3) is 3.89. The highest BCUT2D eigenvalue weighted by Gasteiger charge is 2.25. The number of esters is 1. The standard InChI is InChI=1S/C14H15BrN2O4/c1-21-14(20)8-2-3-9(10(15)6-8)7-16-11-4-5-12(18)17-13(11)19/h2-3,6,11,16H,4-5,7H2,1H3,(H,17,18,19). The van der Waals surface area contributed by atoms with Crippen molar-refractivity contribution >= 4 is 33.7 Å². The Kier molecular flexibility index (Phi) is 5.08. The molecule has 1 aromatic rings. The number of ether oxygens (including phenoxy) is 1. The monoisotopic (exact) mass is 354 g/mol. The van der Waals surface area contributed by atoms with E-state index in [1.807, 2.05) is 0 Å². The first-order valence-electron chi connectivity index (χ1n) is 6.45. The van der Waals surface area contributed by atoms with E-state index in [0.29, 0.717) is 24.9 Å². The van der Waals surface area contributed by atoms with Gasteiger partial charge in [0.15, 0.2) is 0 Å². The van der Waals surface area contributed by atoms with Gasteiger partial charge in [-0.3, -0.25) is 14.9 Å². The molecule has 2 N–H and O–H groups in total. The van der Waals surface area contributed by atoms with Crippen LogP contribution in [0, 0.1) is 0 Å². The molecule has 1 aromatic carbocycles. The average Bonchev–Trinajstić information content (AvgIpc) is 2.46. The van der Waals surface area contributed by atoms with Crippen molar-refractivity contribution in [1.82, 2.24) is 10.6 Å². The molecule has 0 aromatic heterocycles. The molecular formula is C14H15BrN2O4. The van der Waals surface area contributed by atoms with Gasteiger partial charge in [0.2, 0.25) is 11.8 Å². The van der Waals surface area contributed by atoms with E-state index in [0.717, 1.165) is 10.0 Å². The number of hydrogen-bond donors (Lipinski definition) is 2. The third-order valence-electron chi connectivity index (χ3n) is 3.25. The van der Waals surface area contributed by atoms with Crippen LogP contribution in [0.1, 0.15) is 28.8 Å². The van der Waals surface area contributed by atoms with Crippen LogP contribution < -0.4 is 10.6 Å². The summed E-state index contributed by atoms with van der Waals surface area (Å²) >= 11 is 3.39. The predicted octanol–water partition coefficient (Wildman–Crippen LogP) is 1.13. The first-order chi connectivity index (χ1) is 10.0. The molecule has 1 heterocycles. The minimum absolute atomic E-state index is 0.235. The lowest BCUT2D eigenvalue weighted by molar-refractivity contribution is -0.134. The fraction of sp³-hybridized carbons (Fsp3) is 0.357. The van der Waals surface area contributed by atoms with Gasteiger partial charge >= 0.3 is 5.97 Å². The molecule has 7 heteroatoms. The van der Waals surface area contributed by atoms with E-state index >= 15 is 0 Å². The molecule has 2 amide bonds. The minimum Gasteiger partial charge on any atom is -0.465 e. The van der Waals surface area contributed by atoms with E-state index in [4.69, 9.17) is 0 Å². The van der Waals surface area contributed by atoms with Gasteiger partial charge < -0.3 is 10.1 Å². The van der Waals surface area contributed by atoms with Gasteiger partial charge in [-0.25, -0.2) is 4.79 Å². The Morgan fingerprint density at radius 1 is 1.48 bits per heavy atom. The van der Waals surface area contributed by atoms with Crippen LogP contribution in [-0.4, -0.2) is 30.9 Å². The van der Waals surface area contributed by atoms with Crippen molar-refractivity contribution in [3.63, 3.8) is 0 Å². The molecule has 0 radical (unpaired) electrons. The second-order valence-corrected chi connectivity index (χ2v) is 5.54. The number of halogens is 1. The van der Waals surface area contributed by atoms with Crippen molar-refractivity contribution in [1.29, 1.82) is 0 Å². The number of rotatable bonds is 4. The lowest BCUT2D eigenvalue weighted by atomic mass is 10.1. The zero-order valence-corrected chi connectivity index (χ0v) is 13.0. The predicted molar refractivity (Wildman–Crippen MR) is 78.5 cm³/mol. The highest BCUT2D eigenvalue weighted by atomic mass is 79.9. The molecule has 0 spiro atoms. The highest BCUT2D eigenvalue weighted by Crippen LogP contribution is 2.19. The van der Waals surface area contributed by atoms with Crippen LogP contribution in [0.2, 0.25) is 0 Å². The SMILES string of the molecule is COC(=O)c1ccc(CNC2CCC(=O)NC2=O)c(Br)c1. The van der Waals surface area contributed by atoms with E-state index < -0.39 is 5.97 Å². The average molecular weight is 355 g/mol. The topological polar surface area (TPSA) is 84.5 Å². The Morgan fingerprint density at radius 3 is 2.86 bits per heavy atom. The molecule has 21 heavy (non-hydrogen) atoms. The van der Waals surface area contributed by atoms with Gasteiger partial charge in [-0.1, -0.05) is 22.0 Å². The number of carbonyl (C=O) groups is 3. The van der Waals surface area contributed by atoms with E-state index in [1.54, 1.807) is 18.2 Å². The van der Waals surface area contributed by atoms with Crippen molar-refractivity contribution in [2.75, 3.05) is 7.11 Å². The van der Waals surface area contributed by atoms with Crippen LogP contribution in [0.5, 0.6) is 0 Å². The molecule has 1 unspecified atom stereocenters. The lowest BCUT2D eigenvalue weighted by Gasteiger charge is -2.22. The first-order valence-corrected chi connectivity index (χ1v) is 7.24. The van der Waals surface area contributed by atoms with Gasteiger partial charge in [0, 0.05) is 17.4 Å². The minimum atomic E-state index is -0.402. The van der Waals surface area contributed by atoms with Crippen molar-refractivity contribution < 1.29 is 19.1 Å². The molecular weight excluding hydrogens is 340 g/mol. The summed E-state index contributed by atoms with van der Waals surface area (Å²) in [4.78, 5) is 34.1. The van der Waals surface area contributed by atoms with Crippen molar-refractivity contribution in [2.45, 2.75) is 25.4 Å². The van der Waals surface area contributed by atoms with Gasteiger partial charge in [-0.05, 0) is 24.1 Å². The van der Waals surface area contributed by atoms with Gasteiger partial charge in [0.1, 0.15) is 0 Å². The summed E-state index contributed by atoms with van der Waals surface area (Å²) in [6, 6.07) is 4.75. The van der Waals surface area contributed by atoms with E-state index in [9.17, 15) is 14.4 Å². The first kappa shape index (κ1) is 15.7. The maximum atomic E-state index is 11.6. The highest BCUT2D eigenvalue weighted by molar-refractivity contribution is 9.10. The molecule has 1 aliphatic rings. The van der Waals surface area contributed by atoms with Crippen molar-refractivity contribution in [3.05, 3.63) is 33.8 Å². The molecule has 0 aliphatic carbocycles. The number of hydrogen-bond acceptors (Lipinski definition) is 5. The number of amides is 2. The number of methoxy groups -OCH3 is 1. The van der Waals surface area contributed by atoms with Gasteiger partial charge in [0.05, 0.1) is 18.7 Å². The van der Waals surface area contributed by atoms with Crippen molar-refractivity contribution in [2.24, 2.45) is 0 Å². The summed E-state index contributed by atoms with van der Waals surface area (Å²) in [5, 5.41) is 5.40. The van der Waals surface area contributed by atoms with Crippen LogP contribution in [0.15, 0.2) is 22.7 Å². The zero-order chi connectivity index (χ0) is 15.4. The summed E-state index contributed by atoms with van der Waals surface area (Å²) in [7, 11) is 1.33. The Bertz CT molecular complexity index is 588. The Morgan fingerprint density at radius 2 is 2.24 bits per heavy atom. The fourth-order valence-electron chi connectivity index (χ4n) is 2.06. The summed E-state index contributed by atoms with van der Waals surface area (Å²) in [5.41, 5.74) is 1.36. The van der Waals surface area contributed by atoms with Gasteiger partial charge in [-0.2, -0.15) is 0 Å². The van der Waals surface area contributed by atoms with Crippen LogP contribution in [0.3, 0.4) is 0 Å². The summed E-state index contributed by atoms with van der Waals surface area (Å²) in [6.45, 7) is 0.453. The normalized spacial score (nSPS) is 18.3. The Hall–Kier alpha value is -1.73. The molecule has 1 fully saturated rings. The largest absolute Gasteiger partial charge is 0.465 e. The summed E-state index contributed by atoms with van der Waals surface area (Å²) < 4.78 is 5.40. The molecule has 1 aliphatic heterocycles. The summed E-state index contributed by atoms with van der Waals surface area (Å²) in [5.74, 6) is -0.935. The van der Waals surface area contributed by atoms with Crippen LogP contribution >= 0.6 is 15.9 Å². The number of carbonyl (C=O) groups excluding carboxylic acids is 3. The fourth-order valence-corrected chi connectivity index (χ4v) is 2.58. The van der Waals surface area contributed by atoms with Gasteiger partial charge in [-0.15, -0.1) is 0 Å². The second kappa shape index (κ2) is 6.82. The van der Waals surface area contributed by atoms with E-state index in [2.05, 4.69) is 31.3 Å². The molecule has 1 atom stereocenters. The lowest BCUT2D eigenvalue weighted by Crippen LogP contribution is -2.50. The zero-order valence-electron chi connectivity index (χ0n) is 11.4. The van der Waals surface area contributed by atoms with Crippen LogP contribution in [0.25, 0.3) is 0 Å². The molecule has 0 bridgehead atoms. The maximum absolute atomic E-state index is 11.6. The van der Waals surface area contributed by atoms with Gasteiger partial charge in [0.25, 0.3) is 0 Å². The van der Waals surface area contributed by atoms with E-state index in [1.165, 1.54) is 7.11 Å².